The minimum absolute atomic E-state index is 0.120. The van der Waals surface area contributed by atoms with Gasteiger partial charge in [0.1, 0.15) is 0 Å². The molecule has 0 fully saturated rings. The van der Waals surface area contributed by atoms with Crippen molar-refractivity contribution < 1.29 is 4.79 Å². The molecule has 1 amide bonds. The summed E-state index contributed by atoms with van der Waals surface area (Å²) in [6.45, 7) is 3.51. The third-order valence-electron chi connectivity index (χ3n) is 3.16. The molecular formula is C13H25N3OS. The number of nitriles is 1. The fourth-order valence-electron chi connectivity index (χ4n) is 1.53. The van der Waals surface area contributed by atoms with Gasteiger partial charge in [0.2, 0.25) is 5.91 Å². The van der Waals surface area contributed by atoms with Crippen molar-refractivity contribution in [2.75, 3.05) is 39.2 Å². The van der Waals surface area contributed by atoms with Crippen molar-refractivity contribution in [3.63, 3.8) is 0 Å². The lowest BCUT2D eigenvalue weighted by Crippen LogP contribution is -2.35. The Bertz CT molecular complexity index is 278. The van der Waals surface area contributed by atoms with E-state index in [1.807, 2.05) is 11.8 Å². The second kappa shape index (κ2) is 10.2. The number of amides is 1. The summed E-state index contributed by atoms with van der Waals surface area (Å²) in [6.07, 6.45) is 4.20. The molecule has 0 aliphatic carbocycles. The molecule has 0 aliphatic rings. The predicted molar refractivity (Wildman–Crippen MR) is 77.6 cm³/mol. The smallest absolute Gasteiger partial charge is 0.223 e. The van der Waals surface area contributed by atoms with E-state index in [9.17, 15) is 4.79 Å². The fraction of sp³-hybridized carbons (Fsp3) is 0.846. The zero-order chi connectivity index (χ0) is 14.0. The molecule has 5 heteroatoms. The Morgan fingerprint density at radius 2 is 2.06 bits per heavy atom. The van der Waals surface area contributed by atoms with Gasteiger partial charge in [0.25, 0.3) is 0 Å². The summed E-state index contributed by atoms with van der Waals surface area (Å²) in [5.41, 5.74) is 0. The van der Waals surface area contributed by atoms with Gasteiger partial charge in [0.15, 0.2) is 0 Å². The van der Waals surface area contributed by atoms with Crippen LogP contribution in [0.1, 0.15) is 26.2 Å². The van der Waals surface area contributed by atoms with Crippen molar-refractivity contribution in [3.05, 3.63) is 0 Å². The van der Waals surface area contributed by atoms with Gasteiger partial charge in [-0.15, -0.1) is 0 Å². The SMILES string of the molecule is CSCCC(C)N(C)CCC(=O)N(C)CCC#N. The molecule has 0 N–H and O–H groups in total. The molecular weight excluding hydrogens is 246 g/mol. The van der Waals surface area contributed by atoms with Gasteiger partial charge in [0, 0.05) is 32.6 Å². The second-order valence-electron chi connectivity index (χ2n) is 4.58. The monoisotopic (exact) mass is 271 g/mol. The zero-order valence-electron chi connectivity index (χ0n) is 12.0. The maximum absolute atomic E-state index is 11.8. The van der Waals surface area contributed by atoms with E-state index in [-0.39, 0.29) is 5.91 Å². The standard InChI is InChI=1S/C13H25N3OS/c1-12(7-11-18-4)15(2)10-6-13(17)16(3)9-5-8-14/h12H,5-7,9-11H2,1-4H3. The lowest BCUT2D eigenvalue weighted by Gasteiger charge is -2.25. The van der Waals surface area contributed by atoms with Crippen molar-refractivity contribution in [2.24, 2.45) is 0 Å². The van der Waals surface area contributed by atoms with Gasteiger partial charge in [-0.3, -0.25) is 4.79 Å². The average Bonchev–Trinajstić information content (AvgIpc) is 2.38. The topological polar surface area (TPSA) is 47.3 Å². The number of carbonyl (C=O) groups excluding carboxylic acids is 1. The molecule has 0 aliphatic heterocycles. The lowest BCUT2D eigenvalue weighted by atomic mass is 10.2. The van der Waals surface area contributed by atoms with E-state index >= 15 is 0 Å². The van der Waals surface area contributed by atoms with Crippen LogP contribution in [-0.4, -0.2) is 60.9 Å². The van der Waals surface area contributed by atoms with E-state index in [4.69, 9.17) is 5.26 Å². The van der Waals surface area contributed by atoms with E-state index in [0.717, 1.165) is 18.7 Å². The Labute approximate surface area is 115 Å². The van der Waals surface area contributed by atoms with Crippen molar-refractivity contribution in [1.29, 1.82) is 5.26 Å². The number of thioether (sulfide) groups is 1. The maximum Gasteiger partial charge on any atom is 0.223 e. The Hall–Kier alpha value is -0.730. The van der Waals surface area contributed by atoms with Crippen molar-refractivity contribution in [1.82, 2.24) is 9.80 Å². The number of carbonyl (C=O) groups is 1. The summed E-state index contributed by atoms with van der Waals surface area (Å²) in [5.74, 6) is 1.27. The van der Waals surface area contributed by atoms with E-state index in [1.165, 1.54) is 0 Å². The van der Waals surface area contributed by atoms with Gasteiger partial charge in [-0.2, -0.15) is 17.0 Å². The van der Waals surface area contributed by atoms with Gasteiger partial charge in [-0.1, -0.05) is 0 Å². The van der Waals surface area contributed by atoms with Gasteiger partial charge in [0.05, 0.1) is 12.5 Å². The van der Waals surface area contributed by atoms with Crippen LogP contribution in [0.3, 0.4) is 0 Å². The molecule has 0 bridgehead atoms. The average molecular weight is 271 g/mol. The Balaban J connectivity index is 3.86. The highest BCUT2D eigenvalue weighted by Crippen LogP contribution is 2.07. The quantitative estimate of drug-likeness (QED) is 0.642. The third kappa shape index (κ3) is 7.57. The first-order chi connectivity index (χ1) is 8.52. The number of hydrogen-bond donors (Lipinski definition) is 0. The zero-order valence-corrected chi connectivity index (χ0v) is 12.8. The number of hydrogen-bond acceptors (Lipinski definition) is 4. The van der Waals surface area contributed by atoms with Gasteiger partial charge in [-0.05, 0) is 32.4 Å². The highest BCUT2D eigenvalue weighted by atomic mass is 32.2. The normalized spacial score (nSPS) is 12.2. The van der Waals surface area contributed by atoms with E-state index in [1.54, 1.807) is 11.9 Å². The molecule has 1 atom stereocenters. The molecule has 0 rings (SSSR count). The van der Waals surface area contributed by atoms with E-state index in [2.05, 4.69) is 31.2 Å². The number of nitrogens with zero attached hydrogens (tertiary/aromatic N) is 3. The summed E-state index contributed by atoms with van der Waals surface area (Å²) in [5, 5.41) is 8.47. The minimum Gasteiger partial charge on any atom is -0.345 e. The molecule has 0 aromatic carbocycles. The first-order valence-electron chi connectivity index (χ1n) is 6.33. The summed E-state index contributed by atoms with van der Waals surface area (Å²) < 4.78 is 0. The highest BCUT2D eigenvalue weighted by Gasteiger charge is 2.13. The summed E-state index contributed by atoms with van der Waals surface area (Å²) in [4.78, 5) is 15.6. The summed E-state index contributed by atoms with van der Waals surface area (Å²) in [6, 6.07) is 2.56. The van der Waals surface area contributed by atoms with E-state index in [0.29, 0.717) is 25.4 Å². The Morgan fingerprint density at radius 3 is 2.61 bits per heavy atom. The third-order valence-corrected chi connectivity index (χ3v) is 3.80. The largest absolute Gasteiger partial charge is 0.345 e. The molecule has 4 nitrogen and oxygen atoms in total. The van der Waals surface area contributed by atoms with Gasteiger partial charge < -0.3 is 9.80 Å². The summed E-state index contributed by atoms with van der Waals surface area (Å²) in [7, 11) is 3.82. The van der Waals surface area contributed by atoms with Gasteiger partial charge in [-0.25, -0.2) is 0 Å². The second-order valence-corrected chi connectivity index (χ2v) is 5.57. The van der Waals surface area contributed by atoms with Crippen LogP contribution < -0.4 is 0 Å². The fourth-order valence-corrected chi connectivity index (χ4v) is 2.11. The van der Waals surface area contributed by atoms with Crippen LogP contribution >= 0.6 is 11.8 Å². The summed E-state index contributed by atoms with van der Waals surface area (Å²) >= 11 is 1.85. The molecule has 104 valence electrons. The Morgan fingerprint density at radius 1 is 1.39 bits per heavy atom. The minimum atomic E-state index is 0.120. The number of rotatable bonds is 9. The molecule has 0 radical (unpaired) electrons. The first kappa shape index (κ1) is 17.3. The molecule has 0 spiro atoms. The van der Waals surface area contributed by atoms with E-state index < -0.39 is 0 Å². The molecule has 18 heavy (non-hydrogen) atoms. The van der Waals surface area contributed by atoms with Crippen molar-refractivity contribution >= 4 is 17.7 Å². The van der Waals surface area contributed by atoms with Crippen LogP contribution in [-0.2, 0) is 4.79 Å². The van der Waals surface area contributed by atoms with Crippen molar-refractivity contribution in [3.8, 4) is 6.07 Å². The van der Waals surface area contributed by atoms with Gasteiger partial charge >= 0.3 is 0 Å². The molecule has 0 aromatic rings. The Kier molecular flexibility index (Phi) is 9.80. The lowest BCUT2D eigenvalue weighted by molar-refractivity contribution is -0.130. The molecule has 0 saturated carbocycles. The van der Waals surface area contributed by atoms with Crippen molar-refractivity contribution in [2.45, 2.75) is 32.2 Å². The van der Waals surface area contributed by atoms with Crippen LogP contribution in [0.15, 0.2) is 0 Å². The maximum atomic E-state index is 11.8. The van der Waals surface area contributed by atoms with Crippen LogP contribution in [0.5, 0.6) is 0 Å². The van der Waals surface area contributed by atoms with Crippen LogP contribution in [0.2, 0.25) is 0 Å². The highest BCUT2D eigenvalue weighted by molar-refractivity contribution is 7.98. The first-order valence-corrected chi connectivity index (χ1v) is 7.72. The van der Waals surface area contributed by atoms with Crippen LogP contribution in [0, 0.1) is 11.3 Å². The molecule has 0 heterocycles. The predicted octanol–water partition coefficient (Wildman–Crippen LogP) is 1.82. The van der Waals surface area contributed by atoms with Crippen LogP contribution in [0.25, 0.3) is 0 Å². The van der Waals surface area contributed by atoms with Crippen LogP contribution in [0.4, 0.5) is 0 Å². The molecule has 0 saturated heterocycles. The molecule has 1 unspecified atom stereocenters. The molecule has 0 aromatic heterocycles.